The molecule has 0 aliphatic heterocycles. The molecule has 0 amide bonds. The number of hydrogen-bond donors (Lipinski definition) is 2. The number of nitrogens with one attached hydrogen (secondary N) is 2. The Labute approximate surface area is 106 Å². The molecule has 0 aromatic heterocycles. The van der Waals surface area contributed by atoms with E-state index in [1.807, 2.05) is 0 Å². The highest BCUT2D eigenvalue weighted by Gasteiger charge is 2.26. The molecular formula is C11H27N3O2S. The van der Waals surface area contributed by atoms with E-state index in [9.17, 15) is 8.42 Å². The molecule has 0 rings (SSSR count). The van der Waals surface area contributed by atoms with Gasteiger partial charge in [0.15, 0.2) is 0 Å². The third-order valence-corrected chi connectivity index (χ3v) is 4.02. The molecule has 0 unspecified atom stereocenters. The zero-order valence-corrected chi connectivity index (χ0v) is 12.9. The summed E-state index contributed by atoms with van der Waals surface area (Å²) in [5, 5.41) is 3.39. The minimum atomic E-state index is -3.35. The van der Waals surface area contributed by atoms with E-state index < -0.39 is 10.2 Å². The van der Waals surface area contributed by atoms with Gasteiger partial charge >= 0.3 is 0 Å². The summed E-state index contributed by atoms with van der Waals surface area (Å²) in [4.78, 5) is 0. The van der Waals surface area contributed by atoms with E-state index in [1.165, 1.54) is 18.4 Å². The van der Waals surface area contributed by atoms with Crippen molar-refractivity contribution in [1.82, 2.24) is 14.3 Å². The summed E-state index contributed by atoms with van der Waals surface area (Å²) in [6.45, 7) is 10.8. The van der Waals surface area contributed by atoms with Crippen LogP contribution in [0.1, 0.15) is 34.6 Å². The standard InChI is InChI=1S/C11H27N3O2S/c1-9(2)13-10(11(3,4)5)8-12-17(15,16)14(6)7/h9-10,12-13H,8H2,1-7H3/t10-/m1/s1. The van der Waals surface area contributed by atoms with Crippen molar-refractivity contribution < 1.29 is 8.42 Å². The fourth-order valence-corrected chi connectivity index (χ4v) is 1.97. The van der Waals surface area contributed by atoms with Crippen LogP contribution in [0.5, 0.6) is 0 Å². The molecule has 1 atom stereocenters. The molecule has 0 aliphatic rings. The smallest absolute Gasteiger partial charge is 0.278 e. The first-order valence-electron chi connectivity index (χ1n) is 5.90. The maximum atomic E-state index is 11.6. The minimum Gasteiger partial charge on any atom is -0.310 e. The van der Waals surface area contributed by atoms with Crippen LogP contribution in [-0.4, -0.2) is 45.4 Å². The Kier molecular flexibility index (Phi) is 6.07. The normalized spacial score (nSPS) is 15.6. The van der Waals surface area contributed by atoms with Gasteiger partial charge in [-0.15, -0.1) is 0 Å². The molecule has 0 heterocycles. The summed E-state index contributed by atoms with van der Waals surface area (Å²) in [6.07, 6.45) is 0. The van der Waals surface area contributed by atoms with Crippen molar-refractivity contribution in [2.45, 2.75) is 46.7 Å². The van der Waals surface area contributed by atoms with Crippen molar-refractivity contribution in [1.29, 1.82) is 0 Å². The van der Waals surface area contributed by atoms with Gasteiger partial charge in [-0.25, -0.2) is 4.72 Å². The molecule has 17 heavy (non-hydrogen) atoms. The van der Waals surface area contributed by atoms with Crippen molar-refractivity contribution in [3.05, 3.63) is 0 Å². The lowest BCUT2D eigenvalue weighted by atomic mass is 9.86. The van der Waals surface area contributed by atoms with E-state index in [0.717, 1.165) is 0 Å². The molecule has 6 heteroatoms. The van der Waals surface area contributed by atoms with E-state index in [0.29, 0.717) is 12.6 Å². The zero-order valence-electron chi connectivity index (χ0n) is 12.0. The van der Waals surface area contributed by atoms with Crippen LogP contribution in [0.15, 0.2) is 0 Å². The van der Waals surface area contributed by atoms with Crippen LogP contribution >= 0.6 is 0 Å². The molecule has 5 nitrogen and oxygen atoms in total. The van der Waals surface area contributed by atoms with Gasteiger partial charge < -0.3 is 5.32 Å². The molecule has 2 N–H and O–H groups in total. The molecule has 0 spiro atoms. The van der Waals surface area contributed by atoms with Gasteiger partial charge in [-0.1, -0.05) is 34.6 Å². The van der Waals surface area contributed by atoms with Gasteiger partial charge in [0.25, 0.3) is 10.2 Å². The third kappa shape index (κ3) is 6.35. The van der Waals surface area contributed by atoms with Gasteiger partial charge in [0.05, 0.1) is 0 Å². The highest BCUT2D eigenvalue weighted by Crippen LogP contribution is 2.19. The average Bonchev–Trinajstić information content (AvgIpc) is 2.09. The Morgan fingerprint density at radius 3 is 1.94 bits per heavy atom. The molecule has 0 aliphatic carbocycles. The molecule has 0 aromatic carbocycles. The monoisotopic (exact) mass is 265 g/mol. The Morgan fingerprint density at radius 1 is 1.18 bits per heavy atom. The van der Waals surface area contributed by atoms with Gasteiger partial charge in [-0.2, -0.15) is 12.7 Å². The van der Waals surface area contributed by atoms with Crippen LogP contribution in [0.25, 0.3) is 0 Å². The van der Waals surface area contributed by atoms with Crippen LogP contribution in [0, 0.1) is 5.41 Å². The van der Waals surface area contributed by atoms with E-state index >= 15 is 0 Å². The summed E-state index contributed by atoms with van der Waals surface area (Å²) < 4.78 is 27.1. The lowest BCUT2D eigenvalue weighted by Gasteiger charge is -2.33. The summed E-state index contributed by atoms with van der Waals surface area (Å²) in [5.41, 5.74) is -0.000890. The largest absolute Gasteiger partial charge is 0.310 e. The fourth-order valence-electron chi connectivity index (χ4n) is 1.34. The Balaban J connectivity index is 4.58. The van der Waals surface area contributed by atoms with Crippen molar-refractivity contribution in [3.8, 4) is 0 Å². The zero-order chi connectivity index (χ0) is 13.9. The quantitative estimate of drug-likeness (QED) is 0.746. The SMILES string of the molecule is CC(C)N[C@H](CNS(=O)(=O)N(C)C)C(C)(C)C. The van der Waals surface area contributed by atoms with Gasteiger partial charge in [0, 0.05) is 32.7 Å². The van der Waals surface area contributed by atoms with Crippen molar-refractivity contribution in [2.24, 2.45) is 5.41 Å². The highest BCUT2D eigenvalue weighted by molar-refractivity contribution is 7.87. The van der Waals surface area contributed by atoms with E-state index in [1.54, 1.807) is 0 Å². The maximum Gasteiger partial charge on any atom is 0.278 e. The van der Waals surface area contributed by atoms with Crippen molar-refractivity contribution in [3.63, 3.8) is 0 Å². The maximum absolute atomic E-state index is 11.6. The highest BCUT2D eigenvalue weighted by atomic mass is 32.2. The van der Waals surface area contributed by atoms with Gasteiger partial charge in [0.1, 0.15) is 0 Å². The molecule has 0 saturated heterocycles. The Bertz CT molecular complexity index is 318. The van der Waals surface area contributed by atoms with Crippen LogP contribution < -0.4 is 10.0 Å². The first kappa shape index (κ1) is 16.8. The second-order valence-electron chi connectivity index (χ2n) is 5.88. The number of hydrogen-bond acceptors (Lipinski definition) is 3. The summed E-state index contributed by atoms with van der Waals surface area (Å²) in [5.74, 6) is 0. The number of rotatable bonds is 6. The predicted octanol–water partition coefficient (Wildman–Crippen LogP) is 0.795. The first-order chi connectivity index (χ1) is 7.47. The predicted molar refractivity (Wildman–Crippen MR) is 72.1 cm³/mol. The molecule has 0 aromatic rings. The third-order valence-electron chi connectivity index (χ3n) is 2.53. The van der Waals surface area contributed by atoms with Crippen LogP contribution in [-0.2, 0) is 10.2 Å². The van der Waals surface area contributed by atoms with E-state index in [2.05, 4.69) is 44.7 Å². The molecular weight excluding hydrogens is 238 g/mol. The van der Waals surface area contributed by atoms with Crippen LogP contribution in [0.2, 0.25) is 0 Å². The Hall–Kier alpha value is -0.170. The fraction of sp³-hybridized carbons (Fsp3) is 1.00. The second-order valence-corrected chi connectivity index (χ2v) is 7.84. The van der Waals surface area contributed by atoms with Crippen molar-refractivity contribution in [2.75, 3.05) is 20.6 Å². The second kappa shape index (κ2) is 6.13. The number of nitrogens with zero attached hydrogens (tertiary/aromatic N) is 1. The molecule has 0 radical (unpaired) electrons. The topological polar surface area (TPSA) is 61.4 Å². The van der Waals surface area contributed by atoms with E-state index in [4.69, 9.17) is 0 Å². The van der Waals surface area contributed by atoms with Gasteiger partial charge in [0.2, 0.25) is 0 Å². The Morgan fingerprint density at radius 2 is 1.65 bits per heavy atom. The lowest BCUT2D eigenvalue weighted by Crippen LogP contribution is -2.52. The van der Waals surface area contributed by atoms with Crippen LogP contribution in [0.4, 0.5) is 0 Å². The summed E-state index contributed by atoms with van der Waals surface area (Å²) >= 11 is 0. The molecule has 0 saturated carbocycles. The first-order valence-corrected chi connectivity index (χ1v) is 7.34. The molecule has 0 fully saturated rings. The summed E-state index contributed by atoms with van der Waals surface area (Å²) in [6, 6.07) is 0.417. The minimum absolute atomic E-state index is 0.000890. The average molecular weight is 265 g/mol. The van der Waals surface area contributed by atoms with Crippen LogP contribution in [0.3, 0.4) is 0 Å². The van der Waals surface area contributed by atoms with Gasteiger partial charge in [-0.05, 0) is 5.41 Å². The van der Waals surface area contributed by atoms with E-state index in [-0.39, 0.29) is 11.5 Å². The molecule has 0 bridgehead atoms. The molecule has 104 valence electrons. The lowest BCUT2D eigenvalue weighted by molar-refractivity contribution is 0.253. The van der Waals surface area contributed by atoms with Gasteiger partial charge in [-0.3, -0.25) is 0 Å². The van der Waals surface area contributed by atoms with Crippen molar-refractivity contribution >= 4 is 10.2 Å². The summed E-state index contributed by atoms with van der Waals surface area (Å²) in [7, 11) is -0.310.